The number of dihydropyridines is 1. The molecule has 4 heterocycles. The number of ether oxygens (including phenoxy) is 2. The molecule has 1 N–H and O–H groups in total. The van der Waals surface area contributed by atoms with Gasteiger partial charge in [0, 0.05) is 74.7 Å². The summed E-state index contributed by atoms with van der Waals surface area (Å²) in [5.41, 5.74) is -0.361. The number of piperazine rings is 1. The number of aromatic nitrogens is 1. The van der Waals surface area contributed by atoms with Crippen LogP contribution in [0.5, 0.6) is 5.88 Å². The van der Waals surface area contributed by atoms with E-state index in [-0.39, 0.29) is 17.4 Å². The summed E-state index contributed by atoms with van der Waals surface area (Å²) in [6, 6.07) is 5.90. The van der Waals surface area contributed by atoms with Crippen molar-refractivity contribution in [2.45, 2.75) is 25.1 Å². The Morgan fingerprint density at radius 1 is 1.12 bits per heavy atom. The van der Waals surface area contributed by atoms with Gasteiger partial charge in [0.15, 0.2) is 0 Å². The van der Waals surface area contributed by atoms with Gasteiger partial charge in [0.2, 0.25) is 11.8 Å². The molecule has 9 nitrogen and oxygen atoms in total. The number of carbonyl (C=O) groups is 2. The average molecular weight is 576 g/mol. The predicted octanol–water partition coefficient (Wildman–Crippen LogP) is 3.85. The summed E-state index contributed by atoms with van der Waals surface area (Å²) in [5.74, 6) is -4.19. The van der Waals surface area contributed by atoms with Crippen LogP contribution in [0.25, 0.3) is 11.1 Å². The Labute approximate surface area is 233 Å². The monoisotopic (exact) mass is 575 g/mol. The van der Waals surface area contributed by atoms with Crippen molar-refractivity contribution < 1.29 is 36.6 Å². The fraction of sp³-hybridized carbons (Fsp3) is 0.429. The Balaban J connectivity index is 1.45. The molecule has 41 heavy (non-hydrogen) atoms. The smallest absolute Gasteiger partial charge is 0.414 e. The lowest BCUT2D eigenvalue weighted by Gasteiger charge is -2.35. The highest BCUT2D eigenvalue weighted by atomic mass is 19.4. The van der Waals surface area contributed by atoms with Crippen molar-refractivity contribution >= 4 is 29.4 Å². The Bertz CT molecular complexity index is 1350. The van der Waals surface area contributed by atoms with Crippen LogP contribution in [-0.4, -0.2) is 86.6 Å². The topological polar surface area (TPSA) is 96.4 Å². The number of benzene rings is 1. The van der Waals surface area contributed by atoms with Gasteiger partial charge in [-0.2, -0.15) is 13.2 Å². The van der Waals surface area contributed by atoms with E-state index in [0.717, 1.165) is 12.8 Å². The van der Waals surface area contributed by atoms with Crippen LogP contribution in [0.15, 0.2) is 47.1 Å². The van der Waals surface area contributed by atoms with E-state index >= 15 is 4.39 Å². The number of anilines is 2. The summed E-state index contributed by atoms with van der Waals surface area (Å²) in [7, 11) is 1.95. The number of nitrogens with zero attached hydrogens (tertiary/aromatic N) is 4. The van der Waals surface area contributed by atoms with Crippen molar-refractivity contribution in [2.75, 3.05) is 56.7 Å². The van der Waals surface area contributed by atoms with Crippen LogP contribution in [0.4, 0.5) is 28.9 Å². The van der Waals surface area contributed by atoms with E-state index < -0.39 is 35.3 Å². The Morgan fingerprint density at radius 3 is 2.51 bits per heavy atom. The van der Waals surface area contributed by atoms with Gasteiger partial charge >= 0.3 is 6.18 Å². The van der Waals surface area contributed by atoms with Gasteiger partial charge in [0.25, 0.3) is 5.91 Å². The first-order valence-electron chi connectivity index (χ1n) is 13.2. The average Bonchev–Trinajstić information content (AvgIpc) is 2.95. The van der Waals surface area contributed by atoms with Gasteiger partial charge in [-0.05, 0) is 25.2 Å². The largest absolute Gasteiger partial charge is 0.474 e. The van der Waals surface area contributed by atoms with Gasteiger partial charge in [-0.15, -0.1) is 0 Å². The second-order valence-corrected chi connectivity index (χ2v) is 10.1. The minimum atomic E-state index is -4.92. The zero-order valence-corrected chi connectivity index (χ0v) is 22.3. The Kier molecular flexibility index (Phi) is 8.36. The number of aliphatic imine (C=N–C) groups is 1. The van der Waals surface area contributed by atoms with E-state index in [0.29, 0.717) is 68.8 Å². The van der Waals surface area contributed by atoms with E-state index in [1.807, 2.05) is 11.9 Å². The van der Waals surface area contributed by atoms with Gasteiger partial charge in [-0.3, -0.25) is 9.59 Å². The molecule has 13 heteroatoms. The third kappa shape index (κ3) is 6.73. The zero-order valence-electron chi connectivity index (χ0n) is 22.3. The number of amides is 2. The molecular formula is C28H29F4N5O4. The molecule has 0 bridgehead atoms. The Morgan fingerprint density at radius 2 is 1.85 bits per heavy atom. The van der Waals surface area contributed by atoms with Crippen molar-refractivity contribution in [2.24, 2.45) is 10.9 Å². The molecule has 0 saturated carbocycles. The maximum atomic E-state index is 15.5. The molecular weight excluding hydrogens is 546 g/mol. The second kappa shape index (κ2) is 12.0. The number of rotatable bonds is 6. The molecule has 1 aromatic carbocycles. The molecule has 3 aliphatic heterocycles. The van der Waals surface area contributed by atoms with Gasteiger partial charge < -0.3 is 24.6 Å². The molecule has 0 spiro atoms. The first kappa shape index (κ1) is 28.7. The molecule has 0 aliphatic carbocycles. The van der Waals surface area contributed by atoms with Crippen LogP contribution in [0.1, 0.15) is 12.8 Å². The summed E-state index contributed by atoms with van der Waals surface area (Å²) in [6.45, 7) is 3.59. The van der Waals surface area contributed by atoms with Gasteiger partial charge in [0.1, 0.15) is 17.8 Å². The molecule has 1 aromatic heterocycles. The number of alkyl halides is 3. The SMILES string of the molecule is CN1CCN(c2cc(F)c(-c3ccc(OC4CCOCC4)nc3)cc2NC(=O)C2C=NC(=O)C=C2C(F)(F)F)CC1. The number of halogens is 4. The van der Waals surface area contributed by atoms with Crippen LogP contribution >= 0.6 is 0 Å². The molecule has 2 amide bonds. The number of carbonyl (C=O) groups excluding carboxylic acids is 2. The molecule has 0 radical (unpaired) electrons. The van der Waals surface area contributed by atoms with E-state index in [1.165, 1.54) is 18.3 Å². The molecule has 2 saturated heterocycles. The highest BCUT2D eigenvalue weighted by Crippen LogP contribution is 2.37. The summed E-state index contributed by atoms with van der Waals surface area (Å²) in [6.07, 6.45) is -1.03. The summed E-state index contributed by atoms with van der Waals surface area (Å²) >= 11 is 0. The number of hydrogen-bond acceptors (Lipinski definition) is 7. The van der Waals surface area contributed by atoms with E-state index in [4.69, 9.17) is 9.47 Å². The molecule has 5 rings (SSSR count). The van der Waals surface area contributed by atoms with Gasteiger partial charge in [0.05, 0.1) is 30.2 Å². The fourth-order valence-corrected chi connectivity index (χ4v) is 4.93. The highest BCUT2D eigenvalue weighted by molar-refractivity contribution is 6.11. The normalized spacial score (nSPS) is 20.6. The van der Waals surface area contributed by atoms with E-state index in [2.05, 4.69) is 20.2 Å². The maximum Gasteiger partial charge on any atom is 0.414 e. The van der Waals surface area contributed by atoms with Crippen molar-refractivity contribution in [3.63, 3.8) is 0 Å². The third-order valence-corrected chi connectivity index (χ3v) is 7.26. The number of hydrogen-bond donors (Lipinski definition) is 1. The fourth-order valence-electron chi connectivity index (χ4n) is 4.93. The predicted molar refractivity (Wildman–Crippen MR) is 144 cm³/mol. The van der Waals surface area contributed by atoms with Crippen LogP contribution < -0.4 is 15.0 Å². The molecule has 2 aromatic rings. The zero-order chi connectivity index (χ0) is 29.1. The van der Waals surface area contributed by atoms with E-state index in [9.17, 15) is 22.8 Å². The summed E-state index contributed by atoms with van der Waals surface area (Å²) in [4.78, 5) is 36.3. The minimum absolute atomic E-state index is 0.0298. The van der Waals surface area contributed by atoms with Crippen molar-refractivity contribution in [1.82, 2.24) is 9.88 Å². The van der Waals surface area contributed by atoms with E-state index in [1.54, 1.807) is 12.1 Å². The van der Waals surface area contributed by atoms with Crippen LogP contribution in [0.3, 0.4) is 0 Å². The molecule has 1 atom stereocenters. The minimum Gasteiger partial charge on any atom is -0.474 e. The lowest BCUT2D eigenvalue weighted by Crippen LogP contribution is -2.45. The quantitative estimate of drug-likeness (QED) is 0.523. The summed E-state index contributed by atoms with van der Waals surface area (Å²) in [5, 5.41) is 2.55. The highest BCUT2D eigenvalue weighted by Gasteiger charge is 2.43. The van der Waals surface area contributed by atoms with Crippen molar-refractivity contribution in [3.05, 3.63) is 47.9 Å². The summed E-state index contributed by atoms with van der Waals surface area (Å²) < 4.78 is 67.7. The first-order valence-corrected chi connectivity index (χ1v) is 13.2. The van der Waals surface area contributed by atoms with Crippen molar-refractivity contribution in [3.8, 4) is 17.0 Å². The molecule has 218 valence electrons. The lowest BCUT2D eigenvalue weighted by molar-refractivity contribution is -0.124. The molecule has 1 unspecified atom stereocenters. The van der Waals surface area contributed by atoms with Gasteiger partial charge in [-0.25, -0.2) is 14.4 Å². The Hall–Kier alpha value is -3.84. The van der Waals surface area contributed by atoms with Crippen LogP contribution in [0.2, 0.25) is 0 Å². The molecule has 3 aliphatic rings. The maximum absolute atomic E-state index is 15.5. The molecule has 2 fully saturated rings. The standard InChI is InChI=1S/C28H29F4N5O4/c1-36-6-8-37(9-7-36)24-14-22(29)19(17-2-3-26(34-15-17)41-18-4-10-40-11-5-18)12-23(24)35-27(39)20-16-33-25(38)13-21(20)28(30,31)32/h2-3,12-16,18,20H,4-11H2,1H3,(H,35,39). The number of likely N-dealkylation sites (N-methyl/N-ethyl adjacent to an activating group) is 1. The second-order valence-electron chi connectivity index (χ2n) is 10.1. The lowest BCUT2D eigenvalue weighted by atomic mass is 9.95. The number of pyridine rings is 1. The van der Waals surface area contributed by atoms with Crippen LogP contribution in [0, 0.1) is 11.7 Å². The third-order valence-electron chi connectivity index (χ3n) is 7.26. The van der Waals surface area contributed by atoms with Gasteiger partial charge in [-0.1, -0.05) is 0 Å². The van der Waals surface area contributed by atoms with Crippen LogP contribution in [-0.2, 0) is 14.3 Å². The number of nitrogens with one attached hydrogen (secondary N) is 1. The first-order chi connectivity index (χ1) is 19.6. The van der Waals surface area contributed by atoms with Crippen molar-refractivity contribution in [1.29, 1.82) is 0 Å².